The third kappa shape index (κ3) is 1.54. The van der Waals surface area contributed by atoms with Gasteiger partial charge in [0.1, 0.15) is 0 Å². The van der Waals surface area contributed by atoms with Gasteiger partial charge in [-0.15, -0.1) is 0 Å². The summed E-state index contributed by atoms with van der Waals surface area (Å²) in [6.07, 6.45) is 5.40. The second-order valence-electron chi connectivity index (χ2n) is 5.48. The molecule has 4 atom stereocenters. The molecule has 15 heavy (non-hydrogen) atoms. The van der Waals surface area contributed by atoms with Crippen LogP contribution in [0.5, 0.6) is 0 Å². The molecule has 1 N–H and O–H groups in total. The van der Waals surface area contributed by atoms with E-state index in [2.05, 4.69) is 12.2 Å². The summed E-state index contributed by atoms with van der Waals surface area (Å²) in [6.45, 7) is 5.99. The van der Waals surface area contributed by atoms with E-state index in [1.54, 1.807) is 5.71 Å². The highest BCUT2D eigenvalue weighted by atomic mass is 14.9. The molecule has 3 aliphatic rings. The molecule has 1 saturated carbocycles. The Balaban J connectivity index is 1.88. The molecule has 2 heteroatoms. The number of fused-ring (bicyclic) bond motifs is 2. The molecule has 0 aromatic heterocycles. The zero-order valence-electron chi connectivity index (χ0n) is 9.71. The van der Waals surface area contributed by atoms with E-state index in [0.717, 1.165) is 30.2 Å². The highest BCUT2D eigenvalue weighted by Gasteiger charge is 2.44. The van der Waals surface area contributed by atoms with Crippen molar-refractivity contribution in [2.75, 3.05) is 19.6 Å². The molecule has 3 rings (SSSR count). The highest BCUT2D eigenvalue weighted by Crippen LogP contribution is 2.43. The summed E-state index contributed by atoms with van der Waals surface area (Å²) < 4.78 is 0. The number of hydrogen-bond acceptors (Lipinski definition) is 2. The Bertz CT molecular complexity index is 272. The zero-order valence-corrected chi connectivity index (χ0v) is 9.71. The van der Waals surface area contributed by atoms with Crippen molar-refractivity contribution in [3.63, 3.8) is 0 Å². The molecule has 1 aliphatic carbocycles. The van der Waals surface area contributed by atoms with E-state index in [1.807, 2.05) is 0 Å². The molecule has 2 heterocycles. The summed E-state index contributed by atoms with van der Waals surface area (Å²) in [4.78, 5) is 4.80. The summed E-state index contributed by atoms with van der Waals surface area (Å²) in [6, 6.07) is 0. The summed E-state index contributed by atoms with van der Waals surface area (Å²) in [7, 11) is 0. The van der Waals surface area contributed by atoms with Gasteiger partial charge >= 0.3 is 0 Å². The number of nitrogens with one attached hydrogen (secondary N) is 1. The van der Waals surface area contributed by atoms with Crippen molar-refractivity contribution in [3.8, 4) is 0 Å². The van der Waals surface area contributed by atoms with Crippen molar-refractivity contribution >= 4 is 5.71 Å². The maximum Gasteiger partial charge on any atom is 0.0389 e. The standard InChI is InChI=1S/C13H22N2/c1-2-10-11-4-3-5-15-13(11)6-9-7-14-8-12(9)10/h9-12,14H,2-8H2,1H3/t9-,10?,11?,12-/m1/s1. The second kappa shape index (κ2) is 3.89. The largest absolute Gasteiger partial charge is 0.316 e. The van der Waals surface area contributed by atoms with Crippen molar-refractivity contribution < 1.29 is 0 Å². The number of hydrogen-bond donors (Lipinski definition) is 1. The molecule has 0 spiro atoms. The van der Waals surface area contributed by atoms with Crippen LogP contribution in [0.2, 0.25) is 0 Å². The summed E-state index contributed by atoms with van der Waals surface area (Å²) in [5, 5.41) is 3.58. The van der Waals surface area contributed by atoms with Gasteiger partial charge in [0.2, 0.25) is 0 Å². The first-order chi connectivity index (χ1) is 7.40. The van der Waals surface area contributed by atoms with Gasteiger partial charge in [0, 0.05) is 18.2 Å². The fourth-order valence-corrected chi connectivity index (χ4v) is 4.13. The summed E-state index contributed by atoms with van der Waals surface area (Å²) in [5.41, 5.74) is 1.58. The quantitative estimate of drug-likeness (QED) is 0.698. The third-order valence-electron chi connectivity index (χ3n) is 4.82. The third-order valence-corrected chi connectivity index (χ3v) is 4.82. The monoisotopic (exact) mass is 206 g/mol. The number of aliphatic imine (C=N–C) groups is 1. The van der Waals surface area contributed by atoms with E-state index in [-0.39, 0.29) is 0 Å². The van der Waals surface area contributed by atoms with Crippen LogP contribution in [0.15, 0.2) is 4.99 Å². The Kier molecular flexibility index (Phi) is 2.55. The van der Waals surface area contributed by atoms with Crippen LogP contribution in [0, 0.1) is 23.7 Å². The molecule has 2 aliphatic heterocycles. The Morgan fingerprint density at radius 1 is 1.40 bits per heavy atom. The molecular weight excluding hydrogens is 184 g/mol. The fraction of sp³-hybridized carbons (Fsp3) is 0.923. The van der Waals surface area contributed by atoms with Gasteiger partial charge in [-0.1, -0.05) is 13.3 Å². The van der Waals surface area contributed by atoms with Crippen LogP contribution in [-0.4, -0.2) is 25.3 Å². The molecule has 2 fully saturated rings. The Hall–Kier alpha value is -0.370. The summed E-state index contributed by atoms with van der Waals surface area (Å²) in [5.74, 6) is 3.64. The summed E-state index contributed by atoms with van der Waals surface area (Å²) >= 11 is 0. The van der Waals surface area contributed by atoms with Gasteiger partial charge in [-0.2, -0.15) is 0 Å². The second-order valence-corrected chi connectivity index (χ2v) is 5.48. The highest BCUT2D eigenvalue weighted by molar-refractivity contribution is 5.88. The maximum atomic E-state index is 4.80. The maximum absolute atomic E-state index is 4.80. The average molecular weight is 206 g/mol. The molecule has 0 aromatic rings. The Labute approximate surface area is 92.5 Å². The molecule has 84 valence electrons. The minimum Gasteiger partial charge on any atom is -0.316 e. The van der Waals surface area contributed by atoms with Gasteiger partial charge in [0.25, 0.3) is 0 Å². The lowest BCUT2D eigenvalue weighted by Crippen LogP contribution is -2.41. The van der Waals surface area contributed by atoms with Gasteiger partial charge in [-0.3, -0.25) is 4.99 Å². The zero-order chi connectivity index (χ0) is 10.3. The fourth-order valence-electron chi connectivity index (χ4n) is 4.13. The van der Waals surface area contributed by atoms with Crippen LogP contribution >= 0.6 is 0 Å². The van der Waals surface area contributed by atoms with E-state index in [4.69, 9.17) is 4.99 Å². The molecule has 0 bridgehead atoms. The smallest absolute Gasteiger partial charge is 0.0389 e. The number of rotatable bonds is 1. The van der Waals surface area contributed by atoms with Crippen LogP contribution in [0.4, 0.5) is 0 Å². The molecule has 2 unspecified atom stereocenters. The van der Waals surface area contributed by atoms with Crippen molar-refractivity contribution in [1.82, 2.24) is 5.32 Å². The molecule has 1 saturated heterocycles. The van der Waals surface area contributed by atoms with Gasteiger partial charge in [-0.25, -0.2) is 0 Å². The Morgan fingerprint density at radius 3 is 3.20 bits per heavy atom. The number of nitrogens with zero attached hydrogens (tertiary/aromatic N) is 1. The van der Waals surface area contributed by atoms with Gasteiger partial charge in [0.15, 0.2) is 0 Å². The molecule has 2 nitrogen and oxygen atoms in total. The van der Waals surface area contributed by atoms with Crippen LogP contribution < -0.4 is 5.32 Å². The van der Waals surface area contributed by atoms with Crippen LogP contribution in [0.3, 0.4) is 0 Å². The first-order valence-corrected chi connectivity index (χ1v) is 6.64. The van der Waals surface area contributed by atoms with E-state index < -0.39 is 0 Å². The molecule has 0 radical (unpaired) electrons. The lowest BCUT2D eigenvalue weighted by atomic mass is 9.64. The minimum absolute atomic E-state index is 0.852. The predicted molar refractivity (Wildman–Crippen MR) is 63.3 cm³/mol. The van der Waals surface area contributed by atoms with Gasteiger partial charge in [-0.05, 0) is 50.1 Å². The SMILES string of the molecule is CCC1C2CCCN=C2C[C@@H]2CNC[C@@H]12. The molecule has 0 amide bonds. The van der Waals surface area contributed by atoms with Crippen molar-refractivity contribution in [1.29, 1.82) is 0 Å². The minimum atomic E-state index is 0.852. The van der Waals surface area contributed by atoms with Crippen LogP contribution in [0.25, 0.3) is 0 Å². The first kappa shape index (κ1) is 9.83. The van der Waals surface area contributed by atoms with E-state index in [0.29, 0.717) is 0 Å². The van der Waals surface area contributed by atoms with Gasteiger partial charge < -0.3 is 5.32 Å². The first-order valence-electron chi connectivity index (χ1n) is 6.64. The van der Waals surface area contributed by atoms with Crippen molar-refractivity contribution in [2.24, 2.45) is 28.7 Å². The van der Waals surface area contributed by atoms with Crippen molar-refractivity contribution in [2.45, 2.75) is 32.6 Å². The lowest BCUT2D eigenvalue weighted by Gasteiger charge is -2.42. The van der Waals surface area contributed by atoms with Crippen LogP contribution in [-0.2, 0) is 0 Å². The Morgan fingerprint density at radius 2 is 2.33 bits per heavy atom. The van der Waals surface area contributed by atoms with Crippen molar-refractivity contribution in [3.05, 3.63) is 0 Å². The van der Waals surface area contributed by atoms with Crippen LogP contribution in [0.1, 0.15) is 32.6 Å². The topological polar surface area (TPSA) is 24.4 Å². The lowest BCUT2D eigenvalue weighted by molar-refractivity contribution is 0.190. The predicted octanol–water partition coefficient (Wildman–Crippen LogP) is 2.10. The van der Waals surface area contributed by atoms with Gasteiger partial charge in [0.05, 0.1) is 0 Å². The molecule has 0 aromatic carbocycles. The van der Waals surface area contributed by atoms with E-state index in [1.165, 1.54) is 38.8 Å². The van der Waals surface area contributed by atoms with E-state index >= 15 is 0 Å². The molecular formula is C13H22N2. The van der Waals surface area contributed by atoms with E-state index in [9.17, 15) is 0 Å². The average Bonchev–Trinajstić information content (AvgIpc) is 2.73. The normalized spacial score (nSPS) is 44.5.